The SMILES string of the molecule is CCc1ccc(S(=O)(=O)NC(CC)CC)cc1CNC. The summed E-state index contributed by atoms with van der Waals surface area (Å²) >= 11 is 0. The fourth-order valence-electron chi connectivity index (χ4n) is 2.21. The van der Waals surface area contributed by atoms with Crippen molar-refractivity contribution in [2.75, 3.05) is 7.05 Å². The summed E-state index contributed by atoms with van der Waals surface area (Å²) in [6.07, 6.45) is 2.50. The first-order valence-corrected chi connectivity index (χ1v) is 8.75. The largest absolute Gasteiger partial charge is 0.316 e. The van der Waals surface area contributed by atoms with Gasteiger partial charge in [0.2, 0.25) is 10.0 Å². The second-order valence-corrected chi connectivity index (χ2v) is 6.66. The smallest absolute Gasteiger partial charge is 0.240 e. The molecule has 1 rings (SSSR count). The summed E-state index contributed by atoms with van der Waals surface area (Å²) in [4.78, 5) is 0.354. The Kier molecular flexibility index (Phi) is 6.65. The molecule has 5 heteroatoms. The van der Waals surface area contributed by atoms with Crippen LogP contribution in [0.3, 0.4) is 0 Å². The van der Waals surface area contributed by atoms with E-state index in [0.29, 0.717) is 11.4 Å². The zero-order chi connectivity index (χ0) is 15.2. The number of hydrogen-bond donors (Lipinski definition) is 2. The molecule has 0 aliphatic carbocycles. The Balaban J connectivity index is 3.09. The van der Waals surface area contributed by atoms with Gasteiger partial charge in [-0.25, -0.2) is 13.1 Å². The molecule has 0 bridgehead atoms. The van der Waals surface area contributed by atoms with Crippen LogP contribution in [0.15, 0.2) is 23.1 Å². The lowest BCUT2D eigenvalue weighted by Gasteiger charge is -2.16. The van der Waals surface area contributed by atoms with Crippen LogP contribution in [0.4, 0.5) is 0 Å². The molecule has 1 aromatic rings. The molecule has 20 heavy (non-hydrogen) atoms. The minimum atomic E-state index is -3.43. The molecule has 0 fully saturated rings. The van der Waals surface area contributed by atoms with E-state index in [4.69, 9.17) is 0 Å². The summed E-state index contributed by atoms with van der Waals surface area (Å²) in [6, 6.07) is 5.38. The van der Waals surface area contributed by atoms with Crippen molar-refractivity contribution in [3.05, 3.63) is 29.3 Å². The first kappa shape index (κ1) is 17.1. The Hall–Kier alpha value is -0.910. The van der Waals surface area contributed by atoms with Crippen molar-refractivity contribution in [3.8, 4) is 0 Å². The number of hydrogen-bond acceptors (Lipinski definition) is 3. The second kappa shape index (κ2) is 7.76. The van der Waals surface area contributed by atoms with E-state index in [9.17, 15) is 8.42 Å². The summed E-state index contributed by atoms with van der Waals surface area (Å²) in [5, 5.41) is 3.09. The molecule has 0 radical (unpaired) electrons. The molecule has 0 aliphatic rings. The average molecular weight is 298 g/mol. The summed E-state index contributed by atoms with van der Waals surface area (Å²) in [5.74, 6) is 0. The van der Waals surface area contributed by atoms with Crippen LogP contribution in [-0.2, 0) is 23.0 Å². The monoisotopic (exact) mass is 298 g/mol. The van der Waals surface area contributed by atoms with Crippen LogP contribution in [-0.4, -0.2) is 21.5 Å². The zero-order valence-electron chi connectivity index (χ0n) is 12.9. The molecular formula is C15H26N2O2S. The highest BCUT2D eigenvalue weighted by molar-refractivity contribution is 7.89. The Morgan fingerprint density at radius 2 is 1.75 bits per heavy atom. The van der Waals surface area contributed by atoms with Crippen molar-refractivity contribution in [3.63, 3.8) is 0 Å². The number of aryl methyl sites for hydroxylation is 1. The van der Waals surface area contributed by atoms with E-state index < -0.39 is 10.0 Å². The third-order valence-corrected chi connectivity index (χ3v) is 5.06. The highest BCUT2D eigenvalue weighted by atomic mass is 32.2. The van der Waals surface area contributed by atoms with Crippen molar-refractivity contribution in [2.45, 2.75) is 57.5 Å². The van der Waals surface area contributed by atoms with Crippen LogP contribution in [0.5, 0.6) is 0 Å². The minimum Gasteiger partial charge on any atom is -0.316 e. The summed E-state index contributed by atoms with van der Waals surface area (Å²) in [6.45, 7) is 6.73. The number of nitrogens with one attached hydrogen (secondary N) is 2. The van der Waals surface area contributed by atoms with Crippen molar-refractivity contribution in [1.82, 2.24) is 10.0 Å². The van der Waals surface area contributed by atoms with Crippen molar-refractivity contribution < 1.29 is 8.42 Å². The second-order valence-electron chi connectivity index (χ2n) is 4.95. The van der Waals surface area contributed by atoms with Gasteiger partial charge in [-0.1, -0.05) is 26.8 Å². The number of benzene rings is 1. The average Bonchev–Trinajstić information content (AvgIpc) is 2.45. The molecule has 0 unspecified atom stereocenters. The van der Waals surface area contributed by atoms with E-state index in [-0.39, 0.29) is 6.04 Å². The van der Waals surface area contributed by atoms with Crippen LogP contribution in [0.25, 0.3) is 0 Å². The molecule has 0 saturated heterocycles. The van der Waals surface area contributed by atoms with Gasteiger partial charge in [-0.2, -0.15) is 0 Å². The zero-order valence-corrected chi connectivity index (χ0v) is 13.7. The predicted octanol–water partition coefficient (Wildman–Crippen LogP) is 2.44. The molecular weight excluding hydrogens is 272 g/mol. The lowest BCUT2D eigenvalue weighted by molar-refractivity contribution is 0.530. The molecule has 2 N–H and O–H groups in total. The Bertz CT molecular complexity index is 523. The van der Waals surface area contributed by atoms with E-state index in [2.05, 4.69) is 17.0 Å². The van der Waals surface area contributed by atoms with Gasteiger partial charge in [-0.15, -0.1) is 0 Å². The minimum absolute atomic E-state index is 0.00129. The summed E-state index contributed by atoms with van der Waals surface area (Å²) < 4.78 is 27.5. The van der Waals surface area contributed by atoms with Gasteiger partial charge in [0.1, 0.15) is 0 Å². The van der Waals surface area contributed by atoms with Crippen LogP contribution in [0, 0.1) is 0 Å². The van der Waals surface area contributed by atoms with Crippen molar-refractivity contribution in [1.29, 1.82) is 0 Å². The fourth-order valence-corrected chi connectivity index (χ4v) is 3.67. The summed E-state index contributed by atoms with van der Waals surface area (Å²) in [7, 11) is -1.56. The lowest BCUT2D eigenvalue weighted by Crippen LogP contribution is -2.33. The van der Waals surface area contributed by atoms with E-state index in [0.717, 1.165) is 24.8 Å². The van der Waals surface area contributed by atoms with Crippen LogP contribution >= 0.6 is 0 Å². The number of sulfonamides is 1. The first-order valence-electron chi connectivity index (χ1n) is 7.27. The highest BCUT2D eigenvalue weighted by Crippen LogP contribution is 2.17. The maximum absolute atomic E-state index is 12.4. The molecule has 4 nitrogen and oxygen atoms in total. The van der Waals surface area contributed by atoms with Gasteiger partial charge in [-0.3, -0.25) is 0 Å². The van der Waals surface area contributed by atoms with Gasteiger partial charge in [-0.05, 0) is 49.6 Å². The number of rotatable bonds is 8. The van der Waals surface area contributed by atoms with E-state index in [1.165, 1.54) is 5.56 Å². The molecule has 114 valence electrons. The molecule has 0 amide bonds. The molecule has 0 aliphatic heterocycles. The predicted molar refractivity (Wildman–Crippen MR) is 83.3 cm³/mol. The highest BCUT2D eigenvalue weighted by Gasteiger charge is 2.19. The molecule has 1 aromatic carbocycles. The van der Waals surface area contributed by atoms with Crippen molar-refractivity contribution >= 4 is 10.0 Å². The topological polar surface area (TPSA) is 58.2 Å². The standard InChI is InChI=1S/C15H26N2O2S/c1-5-12-8-9-15(10-13(12)11-16-4)20(18,19)17-14(6-2)7-3/h8-10,14,16-17H,5-7,11H2,1-4H3. The van der Waals surface area contributed by atoms with Crippen LogP contribution in [0.1, 0.15) is 44.7 Å². The molecule has 0 aromatic heterocycles. The molecule has 0 saturated carbocycles. The van der Waals surface area contributed by atoms with E-state index in [1.807, 2.05) is 27.0 Å². The van der Waals surface area contributed by atoms with Gasteiger partial charge in [0, 0.05) is 12.6 Å². The Morgan fingerprint density at radius 1 is 1.10 bits per heavy atom. The molecule has 0 spiro atoms. The molecule has 0 heterocycles. The maximum Gasteiger partial charge on any atom is 0.240 e. The normalized spacial score (nSPS) is 12.1. The van der Waals surface area contributed by atoms with E-state index in [1.54, 1.807) is 12.1 Å². The van der Waals surface area contributed by atoms with Gasteiger partial charge in [0.05, 0.1) is 4.90 Å². The van der Waals surface area contributed by atoms with Gasteiger partial charge in [0.25, 0.3) is 0 Å². The van der Waals surface area contributed by atoms with Gasteiger partial charge >= 0.3 is 0 Å². The van der Waals surface area contributed by atoms with Crippen LogP contribution in [0.2, 0.25) is 0 Å². The lowest BCUT2D eigenvalue weighted by atomic mass is 10.1. The summed E-state index contributed by atoms with van der Waals surface area (Å²) in [5.41, 5.74) is 2.23. The van der Waals surface area contributed by atoms with Gasteiger partial charge < -0.3 is 5.32 Å². The van der Waals surface area contributed by atoms with Crippen LogP contribution < -0.4 is 10.0 Å². The molecule has 0 atom stereocenters. The van der Waals surface area contributed by atoms with Gasteiger partial charge in [0.15, 0.2) is 0 Å². The fraction of sp³-hybridized carbons (Fsp3) is 0.600. The Morgan fingerprint density at radius 3 is 2.25 bits per heavy atom. The quantitative estimate of drug-likeness (QED) is 0.775. The van der Waals surface area contributed by atoms with E-state index >= 15 is 0 Å². The third-order valence-electron chi connectivity index (χ3n) is 3.54. The Labute approximate surface area is 123 Å². The maximum atomic E-state index is 12.4. The van der Waals surface area contributed by atoms with Crippen molar-refractivity contribution in [2.24, 2.45) is 0 Å². The first-order chi connectivity index (χ1) is 9.48. The third kappa shape index (κ3) is 4.30.